The summed E-state index contributed by atoms with van der Waals surface area (Å²) in [5.74, 6) is 1.21. The molecule has 3 nitrogen and oxygen atoms in total. The lowest BCUT2D eigenvalue weighted by Gasteiger charge is -2.20. The van der Waals surface area contributed by atoms with E-state index in [0.717, 1.165) is 25.7 Å². The monoisotopic (exact) mass is 309 g/mol. The number of thiazole rings is 1. The van der Waals surface area contributed by atoms with Gasteiger partial charge in [0.2, 0.25) is 0 Å². The Kier molecular flexibility index (Phi) is 6.06. The molecule has 0 radical (unpaired) electrons. The van der Waals surface area contributed by atoms with Crippen LogP contribution in [0.15, 0.2) is 0 Å². The Labute approximate surface area is 134 Å². The van der Waals surface area contributed by atoms with Gasteiger partial charge in [-0.1, -0.05) is 34.6 Å². The normalized spacial score (nSPS) is 15.2. The zero-order chi connectivity index (χ0) is 15.4. The lowest BCUT2D eigenvalue weighted by Crippen LogP contribution is -2.26. The summed E-state index contributed by atoms with van der Waals surface area (Å²) in [5, 5.41) is 4.83. The average Bonchev–Trinajstić information content (AvgIpc) is 3.16. The molecule has 21 heavy (non-hydrogen) atoms. The highest BCUT2D eigenvalue weighted by Gasteiger charge is 2.31. The number of hydrogen-bond donors (Lipinski definition) is 1. The molecule has 0 aromatic carbocycles. The van der Waals surface area contributed by atoms with Crippen LogP contribution in [0.1, 0.15) is 70.4 Å². The van der Waals surface area contributed by atoms with Gasteiger partial charge in [0.1, 0.15) is 0 Å². The standard InChI is InChI=1S/C17H31N3S/c1-6-9-20(14-7-8-14)17-19-16(13(4)5)15(21-17)11-18-10-12(2)3/h12-14,18H,6-11H2,1-5H3. The average molecular weight is 310 g/mol. The number of hydrogen-bond acceptors (Lipinski definition) is 4. The van der Waals surface area contributed by atoms with Crippen molar-refractivity contribution in [3.8, 4) is 0 Å². The van der Waals surface area contributed by atoms with Crippen LogP contribution in [0, 0.1) is 5.92 Å². The van der Waals surface area contributed by atoms with E-state index in [1.54, 1.807) is 0 Å². The van der Waals surface area contributed by atoms with Crippen LogP contribution in [0.3, 0.4) is 0 Å². The van der Waals surface area contributed by atoms with Crippen molar-refractivity contribution in [3.63, 3.8) is 0 Å². The van der Waals surface area contributed by atoms with Crippen LogP contribution < -0.4 is 10.2 Å². The second-order valence-corrected chi connectivity index (χ2v) is 7.97. The van der Waals surface area contributed by atoms with Crippen LogP contribution in [0.2, 0.25) is 0 Å². The first-order valence-corrected chi connectivity index (χ1v) is 9.31. The van der Waals surface area contributed by atoms with Gasteiger partial charge in [-0.3, -0.25) is 0 Å². The minimum Gasteiger partial charge on any atom is -0.345 e. The molecular formula is C17H31N3S. The van der Waals surface area contributed by atoms with Gasteiger partial charge in [0.15, 0.2) is 5.13 Å². The van der Waals surface area contributed by atoms with Crippen molar-refractivity contribution in [3.05, 3.63) is 10.6 Å². The van der Waals surface area contributed by atoms with Gasteiger partial charge in [-0.05, 0) is 37.6 Å². The fourth-order valence-electron chi connectivity index (χ4n) is 2.59. The Hall–Kier alpha value is -0.610. The summed E-state index contributed by atoms with van der Waals surface area (Å²) < 4.78 is 0. The van der Waals surface area contributed by atoms with Crippen molar-refractivity contribution in [1.82, 2.24) is 10.3 Å². The predicted octanol–water partition coefficient (Wildman–Crippen LogP) is 4.39. The zero-order valence-corrected chi connectivity index (χ0v) is 15.1. The largest absolute Gasteiger partial charge is 0.345 e. The minimum atomic E-state index is 0.508. The van der Waals surface area contributed by atoms with Gasteiger partial charge in [0.05, 0.1) is 5.69 Å². The number of rotatable bonds is 9. The summed E-state index contributed by atoms with van der Waals surface area (Å²) in [6.45, 7) is 14.5. The molecule has 1 heterocycles. The molecule has 120 valence electrons. The molecule has 0 bridgehead atoms. The molecule has 0 unspecified atom stereocenters. The summed E-state index contributed by atoms with van der Waals surface area (Å²) in [6.07, 6.45) is 3.89. The van der Waals surface area contributed by atoms with Crippen LogP contribution in [0.5, 0.6) is 0 Å². The Morgan fingerprint density at radius 1 is 1.29 bits per heavy atom. The first-order valence-electron chi connectivity index (χ1n) is 8.49. The van der Waals surface area contributed by atoms with E-state index in [-0.39, 0.29) is 0 Å². The quantitative estimate of drug-likeness (QED) is 0.733. The van der Waals surface area contributed by atoms with Gasteiger partial charge in [-0.2, -0.15) is 0 Å². The molecular weight excluding hydrogens is 278 g/mol. The summed E-state index contributed by atoms with van der Waals surface area (Å²) in [7, 11) is 0. The SMILES string of the molecule is CCCN(c1nc(C(C)C)c(CNCC(C)C)s1)C1CC1. The zero-order valence-electron chi connectivity index (χ0n) is 14.3. The second kappa shape index (κ2) is 7.59. The Bertz CT molecular complexity index is 435. The van der Waals surface area contributed by atoms with Crippen LogP contribution in [-0.2, 0) is 6.54 Å². The van der Waals surface area contributed by atoms with E-state index in [0.29, 0.717) is 11.8 Å². The van der Waals surface area contributed by atoms with E-state index in [1.165, 1.54) is 35.0 Å². The Balaban J connectivity index is 2.11. The molecule has 1 saturated carbocycles. The van der Waals surface area contributed by atoms with Gasteiger partial charge in [0, 0.05) is 24.0 Å². The summed E-state index contributed by atoms with van der Waals surface area (Å²) >= 11 is 1.91. The van der Waals surface area contributed by atoms with Gasteiger partial charge < -0.3 is 10.2 Å². The highest BCUT2D eigenvalue weighted by Crippen LogP contribution is 2.37. The molecule has 4 heteroatoms. The fraction of sp³-hybridized carbons (Fsp3) is 0.824. The van der Waals surface area contributed by atoms with Crippen molar-refractivity contribution in [2.45, 2.75) is 72.4 Å². The molecule has 1 fully saturated rings. The summed E-state index contributed by atoms with van der Waals surface area (Å²) in [6, 6.07) is 0.757. The van der Waals surface area contributed by atoms with E-state index < -0.39 is 0 Å². The van der Waals surface area contributed by atoms with Crippen molar-refractivity contribution in [2.24, 2.45) is 5.92 Å². The van der Waals surface area contributed by atoms with Crippen LogP contribution in [0.25, 0.3) is 0 Å². The molecule has 1 aliphatic rings. The van der Waals surface area contributed by atoms with Gasteiger partial charge in [-0.25, -0.2) is 4.98 Å². The maximum Gasteiger partial charge on any atom is 0.186 e. The summed E-state index contributed by atoms with van der Waals surface area (Å²) in [4.78, 5) is 8.97. The van der Waals surface area contributed by atoms with E-state index in [4.69, 9.17) is 4.98 Å². The van der Waals surface area contributed by atoms with E-state index in [9.17, 15) is 0 Å². The van der Waals surface area contributed by atoms with Crippen molar-refractivity contribution >= 4 is 16.5 Å². The highest BCUT2D eigenvalue weighted by molar-refractivity contribution is 7.15. The number of nitrogens with zero attached hydrogens (tertiary/aromatic N) is 2. The van der Waals surface area contributed by atoms with Crippen molar-refractivity contribution in [1.29, 1.82) is 0 Å². The van der Waals surface area contributed by atoms with Crippen LogP contribution >= 0.6 is 11.3 Å². The van der Waals surface area contributed by atoms with Crippen LogP contribution in [-0.4, -0.2) is 24.1 Å². The van der Waals surface area contributed by atoms with Crippen molar-refractivity contribution in [2.75, 3.05) is 18.0 Å². The lowest BCUT2D eigenvalue weighted by atomic mass is 10.1. The third-order valence-electron chi connectivity index (χ3n) is 3.80. The Morgan fingerprint density at radius 3 is 2.52 bits per heavy atom. The first-order chi connectivity index (χ1) is 10.0. The van der Waals surface area contributed by atoms with Crippen LogP contribution in [0.4, 0.5) is 5.13 Å². The molecule has 1 N–H and O–H groups in total. The molecule has 1 aliphatic carbocycles. The third kappa shape index (κ3) is 4.68. The molecule has 1 aromatic heterocycles. The molecule has 2 rings (SSSR count). The van der Waals surface area contributed by atoms with Crippen molar-refractivity contribution < 1.29 is 0 Å². The van der Waals surface area contributed by atoms with E-state index in [1.807, 2.05) is 11.3 Å². The molecule has 0 aliphatic heterocycles. The van der Waals surface area contributed by atoms with E-state index in [2.05, 4.69) is 44.8 Å². The predicted molar refractivity (Wildman–Crippen MR) is 93.4 cm³/mol. The number of anilines is 1. The molecule has 0 saturated heterocycles. The smallest absolute Gasteiger partial charge is 0.186 e. The topological polar surface area (TPSA) is 28.2 Å². The second-order valence-electron chi connectivity index (χ2n) is 6.91. The number of nitrogens with one attached hydrogen (secondary N) is 1. The molecule has 0 spiro atoms. The minimum absolute atomic E-state index is 0.508. The highest BCUT2D eigenvalue weighted by atomic mass is 32.1. The molecule has 1 aromatic rings. The van der Waals surface area contributed by atoms with E-state index >= 15 is 0 Å². The summed E-state index contributed by atoms with van der Waals surface area (Å²) in [5.41, 5.74) is 1.30. The van der Waals surface area contributed by atoms with Gasteiger partial charge >= 0.3 is 0 Å². The lowest BCUT2D eigenvalue weighted by molar-refractivity contribution is 0.552. The molecule has 0 amide bonds. The number of aromatic nitrogens is 1. The fourth-order valence-corrected chi connectivity index (χ4v) is 3.87. The third-order valence-corrected chi connectivity index (χ3v) is 4.91. The maximum absolute atomic E-state index is 4.99. The van der Waals surface area contributed by atoms with Gasteiger partial charge in [-0.15, -0.1) is 11.3 Å². The molecule has 0 atom stereocenters. The Morgan fingerprint density at radius 2 is 2.00 bits per heavy atom. The maximum atomic E-state index is 4.99. The van der Waals surface area contributed by atoms with Gasteiger partial charge in [0.25, 0.3) is 0 Å². The first kappa shape index (κ1) is 16.8.